The minimum absolute atomic E-state index is 0.318. The molecule has 1 amide bonds. The van der Waals surface area contributed by atoms with E-state index < -0.39 is 0 Å². The Hall–Kier alpha value is -2.07. The molecule has 4 nitrogen and oxygen atoms in total. The third-order valence-electron chi connectivity index (χ3n) is 2.30. The minimum Gasteiger partial charge on any atom is -0.487 e. The van der Waals surface area contributed by atoms with Gasteiger partial charge in [-0.15, -0.1) is 0 Å². The van der Waals surface area contributed by atoms with Gasteiger partial charge in [-0.1, -0.05) is 11.6 Å². The van der Waals surface area contributed by atoms with Gasteiger partial charge in [-0.05, 0) is 30.3 Å². The van der Waals surface area contributed by atoms with Crippen molar-refractivity contribution < 1.29 is 9.53 Å². The molecule has 0 aliphatic rings. The number of nitrogens with one attached hydrogen (secondary N) is 1. The van der Waals surface area contributed by atoms with E-state index in [0.717, 1.165) is 5.56 Å². The first kappa shape index (κ1) is 12.4. The number of aromatic nitrogens is 1. The summed E-state index contributed by atoms with van der Waals surface area (Å²) < 4.78 is 5.54. The summed E-state index contributed by atoms with van der Waals surface area (Å²) in [5.74, 6) is 0.669. The molecule has 92 valence electrons. The zero-order valence-corrected chi connectivity index (χ0v) is 10.2. The van der Waals surface area contributed by atoms with Crippen LogP contribution in [0.25, 0.3) is 0 Å². The van der Waals surface area contributed by atoms with E-state index in [4.69, 9.17) is 16.3 Å². The van der Waals surface area contributed by atoms with Crippen molar-refractivity contribution in [2.75, 3.05) is 5.32 Å². The van der Waals surface area contributed by atoms with E-state index in [1.165, 1.54) is 0 Å². The maximum atomic E-state index is 10.4. The van der Waals surface area contributed by atoms with Crippen molar-refractivity contribution in [2.24, 2.45) is 0 Å². The number of carbonyl (C=O) groups is 1. The molecule has 0 aliphatic carbocycles. The molecule has 0 fully saturated rings. The molecule has 1 N–H and O–H groups in total. The Morgan fingerprint density at radius 2 is 2.28 bits per heavy atom. The number of carbonyl (C=O) groups excluding carboxylic acids is 1. The van der Waals surface area contributed by atoms with Crippen LogP contribution in [0.2, 0.25) is 5.02 Å². The number of hydrogen-bond donors (Lipinski definition) is 1. The fourth-order valence-corrected chi connectivity index (χ4v) is 1.61. The monoisotopic (exact) mass is 262 g/mol. The van der Waals surface area contributed by atoms with Gasteiger partial charge in [0.05, 0.1) is 6.20 Å². The smallest absolute Gasteiger partial charge is 0.211 e. The van der Waals surface area contributed by atoms with Crippen LogP contribution in [0, 0.1) is 0 Å². The van der Waals surface area contributed by atoms with Crippen molar-refractivity contribution in [3.63, 3.8) is 0 Å². The molecule has 18 heavy (non-hydrogen) atoms. The van der Waals surface area contributed by atoms with Crippen LogP contribution in [0.5, 0.6) is 5.75 Å². The van der Waals surface area contributed by atoms with Crippen LogP contribution >= 0.6 is 11.6 Å². The molecule has 0 unspecified atom stereocenters. The second kappa shape index (κ2) is 6.02. The summed E-state index contributed by atoms with van der Waals surface area (Å²) in [6.45, 7) is 0.318. The fraction of sp³-hybridized carbons (Fsp3) is 0.0769. The summed E-state index contributed by atoms with van der Waals surface area (Å²) in [4.78, 5) is 14.3. The van der Waals surface area contributed by atoms with Gasteiger partial charge in [0.1, 0.15) is 12.4 Å². The number of benzene rings is 1. The van der Waals surface area contributed by atoms with E-state index in [9.17, 15) is 4.79 Å². The van der Waals surface area contributed by atoms with Crippen molar-refractivity contribution in [3.05, 3.63) is 53.3 Å². The number of pyridine rings is 1. The van der Waals surface area contributed by atoms with Crippen LogP contribution in [0.3, 0.4) is 0 Å². The van der Waals surface area contributed by atoms with Crippen molar-refractivity contribution in [2.45, 2.75) is 6.61 Å². The molecule has 0 saturated carbocycles. The third-order valence-corrected chi connectivity index (χ3v) is 2.67. The van der Waals surface area contributed by atoms with Gasteiger partial charge < -0.3 is 10.1 Å². The van der Waals surface area contributed by atoms with E-state index in [1.54, 1.807) is 36.7 Å². The highest BCUT2D eigenvalue weighted by molar-refractivity contribution is 6.31. The first-order valence-corrected chi connectivity index (χ1v) is 5.69. The summed E-state index contributed by atoms with van der Waals surface area (Å²) in [5, 5.41) is 3.16. The second-order valence-corrected chi connectivity index (χ2v) is 3.95. The summed E-state index contributed by atoms with van der Waals surface area (Å²) in [7, 11) is 0. The molecular weight excluding hydrogens is 252 g/mol. The first-order valence-electron chi connectivity index (χ1n) is 5.31. The molecule has 2 rings (SSSR count). The summed E-state index contributed by atoms with van der Waals surface area (Å²) in [6.07, 6.45) is 3.92. The van der Waals surface area contributed by atoms with Gasteiger partial charge >= 0.3 is 0 Å². The molecule has 5 heteroatoms. The number of nitrogens with zero attached hydrogens (tertiary/aromatic N) is 1. The molecule has 0 saturated heterocycles. The molecule has 0 bridgehead atoms. The fourth-order valence-electron chi connectivity index (χ4n) is 1.44. The Morgan fingerprint density at radius 1 is 1.39 bits per heavy atom. The molecular formula is C13H11ClN2O2. The highest BCUT2D eigenvalue weighted by Gasteiger charge is 2.03. The number of hydrogen-bond acceptors (Lipinski definition) is 3. The lowest BCUT2D eigenvalue weighted by Gasteiger charge is -2.09. The van der Waals surface area contributed by atoms with E-state index in [2.05, 4.69) is 10.3 Å². The number of amides is 1. The van der Waals surface area contributed by atoms with Crippen LogP contribution < -0.4 is 10.1 Å². The molecule has 1 aromatic heterocycles. The normalized spacial score (nSPS) is 9.83. The van der Waals surface area contributed by atoms with Gasteiger partial charge in [0, 0.05) is 22.5 Å². The largest absolute Gasteiger partial charge is 0.487 e. The zero-order chi connectivity index (χ0) is 12.8. The van der Waals surface area contributed by atoms with E-state index in [-0.39, 0.29) is 0 Å². The Labute approximate surface area is 110 Å². The van der Waals surface area contributed by atoms with Crippen LogP contribution in [0.15, 0.2) is 42.7 Å². The van der Waals surface area contributed by atoms with Gasteiger partial charge in [0.15, 0.2) is 0 Å². The molecule has 1 heterocycles. The number of ether oxygens (including phenoxy) is 1. The quantitative estimate of drug-likeness (QED) is 0.843. The Bertz CT molecular complexity index is 532. The van der Waals surface area contributed by atoms with Gasteiger partial charge in [-0.2, -0.15) is 0 Å². The number of halogens is 1. The average molecular weight is 263 g/mol. The lowest BCUT2D eigenvalue weighted by Crippen LogP contribution is -1.99. The van der Waals surface area contributed by atoms with Gasteiger partial charge in [-0.25, -0.2) is 0 Å². The van der Waals surface area contributed by atoms with Crippen molar-refractivity contribution in [1.82, 2.24) is 4.98 Å². The predicted octanol–water partition coefficient (Wildman–Crippen LogP) is 2.88. The van der Waals surface area contributed by atoms with Crippen LogP contribution in [0.4, 0.5) is 5.69 Å². The number of anilines is 1. The van der Waals surface area contributed by atoms with Crippen LogP contribution in [-0.2, 0) is 11.4 Å². The molecule has 2 aromatic rings. The van der Waals surface area contributed by atoms with E-state index in [1.807, 2.05) is 6.07 Å². The van der Waals surface area contributed by atoms with Gasteiger partial charge in [0.25, 0.3) is 0 Å². The van der Waals surface area contributed by atoms with Crippen LogP contribution in [0.1, 0.15) is 5.56 Å². The lowest BCUT2D eigenvalue weighted by molar-refractivity contribution is -0.105. The van der Waals surface area contributed by atoms with Gasteiger partial charge in [0.2, 0.25) is 6.41 Å². The van der Waals surface area contributed by atoms with Crippen LogP contribution in [-0.4, -0.2) is 11.4 Å². The number of rotatable bonds is 5. The Morgan fingerprint density at radius 3 is 3.00 bits per heavy atom. The SMILES string of the molecule is O=CNc1ccc(Cl)c(COc2cccnc2)c1. The minimum atomic E-state index is 0.318. The van der Waals surface area contributed by atoms with Crippen molar-refractivity contribution in [1.29, 1.82) is 0 Å². The predicted molar refractivity (Wildman–Crippen MR) is 69.7 cm³/mol. The highest BCUT2D eigenvalue weighted by atomic mass is 35.5. The lowest BCUT2D eigenvalue weighted by atomic mass is 10.2. The molecule has 0 aliphatic heterocycles. The molecule has 1 aromatic carbocycles. The van der Waals surface area contributed by atoms with Crippen molar-refractivity contribution >= 4 is 23.7 Å². The first-order chi connectivity index (χ1) is 8.79. The Balaban J connectivity index is 2.08. The molecule has 0 atom stereocenters. The second-order valence-electron chi connectivity index (χ2n) is 3.55. The standard InChI is InChI=1S/C13H11ClN2O2/c14-13-4-3-11(16-9-17)6-10(13)8-18-12-2-1-5-15-7-12/h1-7,9H,8H2,(H,16,17). The Kier molecular flexibility index (Phi) is 4.15. The highest BCUT2D eigenvalue weighted by Crippen LogP contribution is 2.22. The summed E-state index contributed by atoms with van der Waals surface area (Å²) in [5.41, 5.74) is 1.48. The topological polar surface area (TPSA) is 51.2 Å². The average Bonchev–Trinajstić information content (AvgIpc) is 2.41. The van der Waals surface area contributed by atoms with E-state index >= 15 is 0 Å². The summed E-state index contributed by atoms with van der Waals surface area (Å²) in [6, 6.07) is 8.82. The van der Waals surface area contributed by atoms with E-state index in [0.29, 0.717) is 29.5 Å². The summed E-state index contributed by atoms with van der Waals surface area (Å²) >= 11 is 6.05. The van der Waals surface area contributed by atoms with Crippen molar-refractivity contribution in [3.8, 4) is 5.75 Å². The molecule has 0 radical (unpaired) electrons. The molecule has 0 spiro atoms. The van der Waals surface area contributed by atoms with Gasteiger partial charge in [-0.3, -0.25) is 9.78 Å². The zero-order valence-electron chi connectivity index (χ0n) is 9.47. The maximum absolute atomic E-state index is 10.4. The maximum Gasteiger partial charge on any atom is 0.211 e. The third kappa shape index (κ3) is 3.21.